The number of fused-ring (bicyclic) bond motifs is 12. The first-order valence-corrected chi connectivity index (χ1v) is 38.7. The summed E-state index contributed by atoms with van der Waals surface area (Å²) in [5.41, 5.74) is 35.0. The number of aromatic hydroxyl groups is 4. The van der Waals surface area contributed by atoms with Crippen LogP contribution in [0.2, 0.25) is 0 Å². The molecule has 0 atom stereocenters. The van der Waals surface area contributed by atoms with E-state index in [0.717, 1.165) is 68.5 Å². The van der Waals surface area contributed by atoms with Crippen molar-refractivity contribution < 1.29 is 107 Å². The summed E-state index contributed by atoms with van der Waals surface area (Å²) in [7, 11) is 0. The molecule has 16 rings (SSSR count). The molecule has 0 amide bonds. The first-order chi connectivity index (χ1) is 50.3. The second-order valence-corrected chi connectivity index (χ2v) is 36.3. The molecule has 0 saturated heterocycles. The van der Waals surface area contributed by atoms with Crippen LogP contribution in [0.5, 0.6) is 23.0 Å². The van der Waals surface area contributed by atoms with Crippen molar-refractivity contribution in [1.82, 2.24) is 0 Å². The standard InChI is InChI=1S/C29H34O.C26H28O.C25H26O.C23H22O.12CH3.4Ti/c1-27(2,3)19-16-22(26(30)25(17-19)28(4,5)6)18-13-14-21-20-11-9-10-12-23(20)29(7,8)24(21)15-18;1-16-13-20(24(27)23(14-16)25(2,3)4)17-11-12-19-18-9-7-8-10-21(18)26(5,6)22(19)15-17;1-24(2,3)17-11-13-23(26)20(15-17)16-10-12-19-18-8-6-7-9-21(18)25(4,5)22(19)14-16;1-3-23(4-2)20-11-7-5-10-18(20)19-14-13-16(15-21(19)23)17-9-6-8-12-22(17)24;;;;;;;;;;;;;;;;/h9-17,30H,1-8H3;7-15,27H,1-6H3;6-15,26H,1-5H3;5-15,24H,3-4H2,1-2H3;12*1H3;;;;/q;;;;12*-1;4*+3. The van der Waals surface area contributed by atoms with E-state index >= 15 is 0 Å². The number of rotatable bonds is 6. The van der Waals surface area contributed by atoms with Crippen molar-refractivity contribution in [3.63, 3.8) is 0 Å². The van der Waals surface area contributed by atoms with Crippen LogP contribution >= 0.6 is 0 Å². The van der Waals surface area contributed by atoms with Gasteiger partial charge in [0.2, 0.25) is 0 Å². The fraction of sp³-hybridized carbons (Fsp3) is 0.270. The zero-order chi connectivity index (χ0) is 77.0. The maximum absolute atomic E-state index is 11.3. The predicted octanol–water partition coefficient (Wildman–Crippen LogP) is 33.1. The van der Waals surface area contributed by atoms with Gasteiger partial charge in [-0.2, -0.15) is 0 Å². The summed E-state index contributed by atoms with van der Waals surface area (Å²) < 4.78 is 0. The molecule has 4 aliphatic rings. The minimum absolute atomic E-state index is 0. The summed E-state index contributed by atoms with van der Waals surface area (Å²) in [6.07, 6.45) is 2.16. The molecule has 123 heavy (non-hydrogen) atoms. The molecule has 8 heteroatoms. The molecule has 0 spiro atoms. The van der Waals surface area contributed by atoms with E-state index in [-0.39, 0.29) is 219 Å². The largest absolute Gasteiger partial charge is 3.00 e. The van der Waals surface area contributed by atoms with Crippen LogP contribution in [0.1, 0.15) is 224 Å². The topological polar surface area (TPSA) is 80.9 Å². The molecule has 0 heterocycles. The van der Waals surface area contributed by atoms with E-state index in [9.17, 15) is 20.4 Å². The van der Waals surface area contributed by atoms with Crippen LogP contribution in [0.3, 0.4) is 0 Å². The van der Waals surface area contributed by atoms with E-state index < -0.39 is 0 Å². The second kappa shape index (κ2) is 45.4. The Bertz CT molecular complexity index is 5460. The van der Waals surface area contributed by atoms with Crippen molar-refractivity contribution in [2.24, 2.45) is 0 Å². The minimum atomic E-state index is -0.133. The Morgan fingerprint density at radius 1 is 0.236 bits per heavy atom. The number of hydrogen-bond donors (Lipinski definition) is 4. The summed E-state index contributed by atoms with van der Waals surface area (Å²) in [6.45, 7) is 46.7. The molecule has 12 aromatic carbocycles. The van der Waals surface area contributed by atoms with Crippen LogP contribution in [0, 0.1) is 96.0 Å². The molecule has 646 valence electrons. The van der Waals surface area contributed by atoms with Crippen molar-refractivity contribution in [3.05, 3.63) is 398 Å². The third-order valence-electron chi connectivity index (χ3n) is 24.1. The number of phenolic OH excluding ortho intramolecular Hbond substituents is 4. The SMILES string of the molecule is CC(C)(C)c1cc(-c2ccc3c(c2)C(C)(C)c2ccccc2-3)c(O)c(C(C)(C)C)c1.CC(C)(C)c1ccc(O)c(-c2ccc3c(c2)C(C)(C)c2ccccc2-3)c1.CCC1(CC)c2ccccc2-c2ccc(-c3ccccc3O)cc21.Cc1cc(-c2ccc3c(c2)C(C)(C)c2ccccc2-3)c(O)c(C(C)(C)C)c1.[CH3-].[CH3-].[CH3-].[CH3-].[CH3-].[CH3-].[CH3-].[CH3-].[CH3-].[CH3-].[CH3-].[CH3-].[Ti+3].[Ti+3].[Ti+3].[Ti+3]. The zero-order valence-electron chi connectivity index (χ0n) is 81.2. The quantitative estimate of drug-likeness (QED) is 0.0988. The third kappa shape index (κ3) is 22.5. The maximum atomic E-state index is 11.3. The summed E-state index contributed by atoms with van der Waals surface area (Å²) in [5, 5.41) is 43.1. The first-order valence-electron chi connectivity index (χ1n) is 38.7. The maximum Gasteiger partial charge on any atom is 3.00 e. The summed E-state index contributed by atoms with van der Waals surface area (Å²) >= 11 is 0. The van der Waals surface area contributed by atoms with Crippen LogP contribution in [0.4, 0.5) is 0 Å². The van der Waals surface area contributed by atoms with Gasteiger partial charge in [-0.3, -0.25) is 0 Å². The van der Waals surface area contributed by atoms with Crippen molar-refractivity contribution in [1.29, 1.82) is 0 Å². The van der Waals surface area contributed by atoms with Gasteiger partial charge in [0.25, 0.3) is 0 Å². The molecule has 0 saturated carbocycles. The van der Waals surface area contributed by atoms with Gasteiger partial charge in [0.1, 0.15) is 23.0 Å². The van der Waals surface area contributed by atoms with E-state index in [1.54, 1.807) is 6.07 Å². The van der Waals surface area contributed by atoms with E-state index in [4.69, 9.17) is 0 Å². The average molecular weight is 1780 g/mol. The second-order valence-electron chi connectivity index (χ2n) is 36.3. The number of hydrogen-bond acceptors (Lipinski definition) is 4. The van der Waals surface area contributed by atoms with E-state index in [2.05, 4.69) is 346 Å². The van der Waals surface area contributed by atoms with Crippen LogP contribution in [-0.2, 0) is 130 Å². The molecule has 4 aliphatic carbocycles. The molecule has 0 fully saturated rings. The fourth-order valence-corrected chi connectivity index (χ4v) is 17.6. The van der Waals surface area contributed by atoms with Crippen LogP contribution in [0.25, 0.3) is 89.0 Å². The van der Waals surface area contributed by atoms with Gasteiger partial charge in [0.05, 0.1) is 0 Å². The Hall–Kier alpha value is -7.30. The fourth-order valence-electron chi connectivity index (χ4n) is 17.6. The Morgan fingerprint density at radius 2 is 0.504 bits per heavy atom. The van der Waals surface area contributed by atoms with E-state index in [1.807, 2.05) is 30.3 Å². The van der Waals surface area contributed by atoms with Gasteiger partial charge < -0.3 is 110 Å². The van der Waals surface area contributed by atoms with Gasteiger partial charge in [-0.25, -0.2) is 0 Å². The number of para-hydroxylation sites is 1. The van der Waals surface area contributed by atoms with Crippen LogP contribution in [-0.4, -0.2) is 20.4 Å². The zero-order valence-corrected chi connectivity index (χ0v) is 87.5. The number of aryl methyl sites for hydroxylation is 1. The van der Waals surface area contributed by atoms with Crippen molar-refractivity contribution >= 4 is 0 Å². The van der Waals surface area contributed by atoms with Gasteiger partial charge in [0.15, 0.2) is 0 Å². The molecule has 0 aromatic heterocycles. The number of phenols is 4. The Labute approximate surface area is 811 Å². The Kier molecular flexibility index (Phi) is 45.0. The van der Waals surface area contributed by atoms with Crippen molar-refractivity contribution in [2.45, 2.75) is 202 Å². The van der Waals surface area contributed by atoms with Crippen LogP contribution in [0.15, 0.2) is 237 Å². The molecule has 4 nitrogen and oxygen atoms in total. The molecular formula is C115H146O4Ti4. The summed E-state index contributed by atoms with van der Waals surface area (Å²) in [6, 6.07) is 83.6. The van der Waals surface area contributed by atoms with Gasteiger partial charge in [-0.1, -0.05) is 320 Å². The molecule has 0 unspecified atom stereocenters. The van der Waals surface area contributed by atoms with Crippen LogP contribution < -0.4 is 0 Å². The molecule has 0 aliphatic heterocycles. The van der Waals surface area contributed by atoms with E-state index in [0.29, 0.717) is 23.0 Å². The minimum Gasteiger partial charge on any atom is -0.507 e. The first kappa shape index (κ1) is 122. The monoisotopic (exact) mass is 1780 g/mol. The molecule has 4 radical (unpaired) electrons. The molecule has 4 N–H and O–H groups in total. The molecule has 12 aromatic rings. The van der Waals surface area contributed by atoms with Crippen molar-refractivity contribution in [3.8, 4) is 112 Å². The average Bonchev–Trinajstić information content (AvgIpc) is 1.59. The van der Waals surface area contributed by atoms with Gasteiger partial charge in [0, 0.05) is 55.0 Å². The third-order valence-corrected chi connectivity index (χ3v) is 24.1. The Morgan fingerprint density at radius 3 is 0.854 bits per heavy atom. The smallest absolute Gasteiger partial charge is 0.507 e. The predicted molar refractivity (Wildman–Crippen MR) is 530 cm³/mol. The van der Waals surface area contributed by atoms with E-state index in [1.165, 1.54) is 106 Å². The van der Waals surface area contributed by atoms with Gasteiger partial charge in [-0.15, -0.1) is 0 Å². The normalized spacial score (nSPS) is 12.8. The summed E-state index contributed by atoms with van der Waals surface area (Å²) in [4.78, 5) is 0. The Balaban J connectivity index is -0.000000737. The molecule has 0 bridgehead atoms. The summed E-state index contributed by atoms with van der Waals surface area (Å²) in [5.74, 6) is 1.49. The molecular weight excluding hydrogens is 1640 g/mol. The van der Waals surface area contributed by atoms with Gasteiger partial charge in [-0.05, 0) is 224 Å². The van der Waals surface area contributed by atoms with Gasteiger partial charge >= 0.3 is 86.9 Å². The number of benzene rings is 12. The van der Waals surface area contributed by atoms with Crippen molar-refractivity contribution in [2.75, 3.05) is 0 Å².